The summed E-state index contributed by atoms with van der Waals surface area (Å²) in [5, 5.41) is 0. The van der Waals surface area contributed by atoms with Gasteiger partial charge in [-0.05, 0) is 13.8 Å². The van der Waals surface area contributed by atoms with Crippen LogP contribution in [0.1, 0.15) is 13.8 Å². The van der Waals surface area contributed by atoms with Crippen molar-refractivity contribution < 1.29 is 32.7 Å². The first kappa shape index (κ1) is 14.4. The lowest BCUT2D eigenvalue weighted by atomic mass is 9.94. The summed E-state index contributed by atoms with van der Waals surface area (Å²) in [5.41, 5.74) is -0.865. The van der Waals surface area contributed by atoms with Crippen LogP contribution in [0.15, 0.2) is 0 Å². The minimum absolute atomic E-state index is 0.224. The first-order chi connectivity index (χ1) is 8.36. The Kier molecular flexibility index (Phi) is 3.86. The molecule has 0 saturated carbocycles. The fourth-order valence-corrected chi connectivity index (χ4v) is 3.33. The maximum atomic E-state index is 11.6. The molecule has 0 spiro atoms. The Bertz CT molecular complexity index is 362. The fourth-order valence-electron chi connectivity index (χ4n) is 2.66. The topological polar surface area (TPSA) is 83.5 Å². The van der Waals surface area contributed by atoms with Crippen LogP contribution in [0.2, 0.25) is 0 Å². The summed E-state index contributed by atoms with van der Waals surface area (Å²) in [4.78, 5) is 9.46. The van der Waals surface area contributed by atoms with E-state index in [0.717, 1.165) is 7.11 Å². The van der Waals surface area contributed by atoms with Crippen molar-refractivity contribution in [1.29, 1.82) is 0 Å². The predicted octanol–water partition coefficient (Wildman–Crippen LogP) is 0.710. The third-order valence-corrected chi connectivity index (χ3v) is 4.50. The molecule has 0 radical (unpaired) electrons. The zero-order valence-corrected chi connectivity index (χ0v) is 11.8. The molecule has 2 aliphatic rings. The number of hydrogen-bond acceptors (Lipinski definition) is 6. The molecule has 7 nitrogen and oxygen atoms in total. The highest BCUT2D eigenvalue weighted by atomic mass is 31.2. The first-order valence-corrected chi connectivity index (χ1v) is 7.25. The van der Waals surface area contributed by atoms with Gasteiger partial charge in [-0.15, -0.1) is 0 Å². The average Bonchev–Trinajstić information content (AvgIpc) is 2.68. The lowest BCUT2D eigenvalue weighted by Crippen LogP contribution is -2.50. The van der Waals surface area contributed by atoms with Crippen LogP contribution < -0.4 is 0 Å². The Labute approximate surface area is 106 Å². The molecule has 6 atom stereocenters. The van der Waals surface area contributed by atoms with Crippen molar-refractivity contribution >= 4 is 7.82 Å². The van der Waals surface area contributed by atoms with E-state index < -0.39 is 25.6 Å². The summed E-state index contributed by atoms with van der Waals surface area (Å²) in [5.74, 6) is 0. The zero-order valence-electron chi connectivity index (χ0n) is 10.9. The highest BCUT2D eigenvalue weighted by Crippen LogP contribution is 2.53. The van der Waals surface area contributed by atoms with E-state index in [2.05, 4.69) is 4.52 Å². The van der Waals surface area contributed by atoms with Crippen LogP contribution in [-0.2, 0) is 27.8 Å². The molecule has 2 saturated heterocycles. The van der Waals surface area contributed by atoms with Crippen molar-refractivity contribution in [1.82, 2.24) is 0 Å². The predicted molar refractivity (Wildman–Crippen MR) is 61.2 cm³/mol. The van der Waals surface area contributed by atoms with Crippen molar-refractivity contribution in [2.75, 3.05) is 20.8 Å². The summed E-state index contributed by atoms with van der Waals surface area (Å²) in [7, 11) is -1.44. The van der Waals surface area contributed by atoms with Crippen LogP contribution in [0.3, 0.4) is 0 Å². The van der Waals surface area contributed by atoms with Gasteiger partial charge in [0.05, 0.1) is 18.8 Å². The molecule has 2 rings (SSSR count). The minimum atomic E-state index is -4.09. The molecule has 2 heterocycles. The second-order valence-corrected chi connectivity index (χ2v) is 6.14. The number of hydrogen-bond donors (Lipinski definition) is 1. The van der Waals surface area contributed by atoms with Crippen LogP contribution >= 0.6 is 7.82 Å². The Morgan fingerprint density at radius 2 is 2.06 bits per heavy atom. The van der Waals surface area contributed by atoms with Gasteiger partial charge in [0.2, 0.25) is 0 Å². The van der Waals surface area contributed by atoms with Gasteiger partial charge in [-0.25, -0.2) is 4.57 Å². The molecule has 2 aliphatic heterocycles. The molecular formula is C10H19O7P. The van der Waals surface area contributed by atoms with Gasteiger partial charge in [0.25, 0.3) is 0 Å². The smallest absolute Gasteiger partial charge is 0.381 e. The second-order valence-electron chi connectivity index (χ2n) is 4.63. The largest absolute Gasteiger partial charge is 0.472 e. The molecular weight excluding hydrogens is 263 g/mol. The van der Waals surface area contributed by atoms with Gasteiger partial charge in [0.1, 0.15) is 17.8 Å². The molecule has 2 fully saturated rings. The van der Waals surface area contributed by atoms with Crippen LogP contribution in [0.5, 0.6) is 0 Å². The van der Waals surface area contributed by atoms with Gasteiger partial charge in [-0.1, -0.05) is 0 Å². The fraction of sp³-hybridized carbons (Fsp3) is 1.00. The van der Waals surface area contributed by atoms with Crippen molar-refractivity contribution in [2.45, 2.75) is 43.9 Å². The summed E-state index contributed by atoms with van der Waals surface area (Å²) in [6.45, 7) is 3.89. The van der Waals surface area contributed by atoms with E-state index >= 15 is 0 Å². The van der Waals surface area contributed by atoms with Crippen molar-refractivity contribution in [3.05, 3.63) is 0 Å². The van der Waals surface area contributed by atoms with E-state index in [1.54, 1.807) is 0 Å². The normalized spacial score (nSPS) is 46.3. The lowest BCUT2D eigenvalue weighted by molar-refractivity contribution is -0.193. The van der Waals surface area contributed by atoms with E-state index in [1.165, 1.54) is 7.11 Å². The summed E-state index contributed by atoms with van der Waals surface area (Å²) < 4.78 is 37.9. The number of rotatable bonds is 5. The third-order valence-electron chi connectivity index (χ3n) is 3.54. The maximum absolute atomic E-state index is 11.6. The monoisotopic (exact) mass is 282 g/mol. The molecule has 2 bridgehead atoms. The van der Waals surface area contributed by atoms with Crippen LogP contribution in [0.25, 0.3) is 0 Å². The zero-order chi connectivity index (χ0) is 13.6. The maximum Gasteiger partial charge on any atom is 0.472 e. The number of phosphoric acid groups is 1. The lowest BCUT2D eigenvalue weighted by Gasteiger charge is -2.34. The molecule has 0 aliphatic carbocycles. The Hall–Kier alpha value is -0.0100. The molecule has 0 aromatic carbocycles. The number of ether oxygens (including phenoxy) is 3. The van der Waals surface area contributed by atoms with Crippen molar-refractivity contribution in [3.63, 3.8) is 0 Å². The van der Waals surface area contributed by atoms with Gasteiger partial charge in [-0.3, -0.25) is 9.05 Å². The van der Waals surface area contributed by atoms with E-state index in [1.807, 2.05) is 13.8 Å². The molecule has 0 aromatic rings. The van der Waals surface area contributed by atoms with E-state index in [9.17, 15) is 9.46 Å². The van der Waals surface area contributed by atoms with E-state index in [4.69, 9.17) is 18.7 Å². The molecule has 1 N–H and O–H groups in total. The van der Waals surface area contributed by atoms with Gasteiger partial charge >= 0.3 is 7.82 Å². The molecule has 0 amide bonds. The first-order valence-electron chi connectivity index (χ1n) is 5.75. The Balaban J connectivity index is 2.25. The minimum Gasteiger partial charge on any atom is -0.381 e. The quantitative estimate of drug-likeness (QED) is 0.743. The second kappa shape index (κ2) is 4.83. The number of methoxy groups -OCH3 is 1. The average molecular weight is 282 g/mol. The molecule has 6 unspecified atom stereocenters. The van der Waals surface area contributed by atoms with Gasteiger partial charge in [0, 0.05) is 14.2 Å². The molecule has 106 valence electrons. The van der Waals surface area contributed by atoms with E-state index in [0.29, 0.717) is 0 Å². The number of fused-ring (bicyclic) bond motifs is 2. The molecule has 0 aromatic heterocycles. The van der Waals surface area contributed by atoms with Crippen LogP contribution in [-0.4, -0.2) is 55.7 Å². The highest BCUT2D eigenvalue weighted by Gasteiger charge is 2.66. The Morgan fingerprint density at radius 1 is 1.39 bits per heavy atom. The standard InChI is InChI=1S/C10H19O7P/c1-6-8-9(17-18(11,12)14-4)10(16-6,5-13-3)7(2)15-8/h6-9H,5H2,1-4H3,(H,11,12). The molecule has 18 heavy (non-hydrogen) atoms. The van der Waals surface area contributed by atoms with E-state index in [-0.39, 0.29) is 18.8 Å². The molecule has 8 heteroatoms. The Morgan fingerprint density at radius 3 is 2.61 bits per heavy atom. The van der Waals surface area contributed by atoms with Crippen molar-refractivity contribution in [3.8, 4) is 0 Å². The highest BCUT2D eigenvalue weighted by molar-refractivity contribution is 7.47. The van der Waals surface area contributed by atoms with Crippen molar-refractivity contribution in [2.24, 2.45) is 0 Å². The van der Waals surface area contributed by atoms with Gasteiger partial charge < -0.3 is 19.1 Å². The third kappa shape index (κ3) is 2.14. The summed E-state index contributed by atoms with van der Waals surface area (Å²) in [6, 6.07) is 0. The SMILES string of the molecule is COCC12OC(C)C(OC1C)C2OP(=O)(O)OC. The summed E-state index contributed by atoms with van der Waals surface area (Å²) in [6.07, 6.45) is -1.58. The van der Waals surface area contributed by atoms with Gasteiger partial charge in [0.15, 0.2) is 0 Å². The van der Waals surface area contributed by atoms with Gasteiger partial charge in [-0.2, -0.15) is 0 Å². The van der Waals surface area contributed by atoms with Crippen LogP contribution in [0, 0.1) is 0 Å². The summed E-state index contributed by atoms with van der Waals surface area (Å²) >= 11 is 0. The number of phosphoric ester groups is 1. The van der Waals surface area contributed by atoms with Crippen LogP contribution in [0.4, 0.5) is 0 Å².